The predicted molar refractivity (Wildman–Crippen MR) is 106 cm³/mol. The van der Waals surface area contributed by atoms with Gasteiger partial charge in [0.25, 0.3) is 11.5 Å². The summed E-state index contributed by atoms with van der Waals surface area (Å²) in [4.78, 5) is 38.4. The number of piperidine rings is 1. The van der Waals surface area contributed by atoms with Crippen LogP contribution in [0.25, 0.3) is 0 Å². The van der Waals surface area contributed by atoms with Crippen LogP contribution in [0.2, 0.25) is 0 Å². The van der Waals surface area contributed by atoms with Crippen molar-refractivity contribution >= 4 is 11.8 Å². The lowest BCUT2D eigenvalue weighted by atomic mass is 9.95. The van der Waals surface area contributed by atoms with Gasteiger partial charge in [-0.05, 0) is 49.9 Å². The highest BCUT2D eigenvalue weighted by molar-refractivity contribution is 5.92. The molecule has 2 amide bonds. The Labute approximate surface area is 168 Å². The molecule has 0 radical (unpaired) electrons. The molecule has 154 valence electrons. The average molecular weight is 400 g/mol. The third-order valence-electron chi connectivity index (χ3n) is 5.24. The molecule has 29 heavy (non-hydrogen) atoms. The number of aromatic nitrogens is 2. The molecule has 1 aliphatic heterocycles. The van der Waals surface area contributed by atoms with Gasteiger partial charge in [-0.25, -0.2) is 9.07 Å². The Hall–Kier alpha value is -3.03. The van der Waals surface area contributed by atoms with Crippen molar-refractivity contribution in [1.82, 2.24) is 20.0 Å². The zero-order valence-corrected chi connectivity index (χ0v) is 16.7. The van der Waals surface area contributed by atoms with E-state index in [1.54, 1.807) is 30.9 Å². The van der Waals surface area contributed by atoms with Crippen LogP contribution in [0.5, 0.6) is 0 Å². The van der Waals surface area contributed by atoms with Crippen molar-refractivity contribution in [3.63, 3.8) is 0 Å². The first kappa shape index (κ1) is 20.7. The maximum Gasteiger partial charge on any atom is 0.274 e. The lowest BCUT2D eigenvalue weighted by Gasteiger charge is -2.31. The fraction of sp³-hybridized carbons (Fsp3) is 0.429. The van der Waals surface area contributed by atoms with Gasteiger partial charge >= 0.3 is 0 Å². The summed E-state index contributed by atoms with van der Waals surface area (Å²) in [6.45, 7) is 5.05. The molecular weight excluding hydrogens is 375 g/mol. The van der Waals surface area contributed by atoms with E-state index in [4.69, 9.17) is 0 Å². The fourth-order valence-electron chi connectivity index (χ4n) is 3.38. The average Bonchev–Trinajstić information content (AvgIpc) is 2.74. The van der Waals surface area contributed by atoms with Gasteiger partial charge in [-0.15, -0.1) is 0 Å². The van der Waals surface area contributed by atoms with Crippen LogP contribution >= 0.6 is 0 Å². The molecule has 0 bridgehead atoms. The Morgan fingerprint density at radius 1 is 1.21 bits per heavy atom. The van der Waals surface area contributed by atoms with Crippen LogP contribution in [0.1, 0.15) is 41.4 Å². The van der Waals surface area contributed by atoms with E-state index in [1.807, 2.05) is 0 Å². The first-order valence-electron chi connectivity index (χ1n) is 9.79. The third-order valence-corrected chi connectivity index (χ3v) is 5.24. The predicted octanol–water partition coefficient (Wildman–Crippen LogP) is 1.88. The molecule has 1 aromatic carbocycles. The second-order valence-electron chi connectivity index (χ2n) is 7.24. The van der Waals surface area contributed by atoms with Crippen molar-refractivity contribution in [2.24, 2.45) is 5.92 Å². The summed E-state index contributed by atoms with van der Waals surface area (Å²) in [6.07, 6.45) is 1.10. The highest BCUT2D eigenvalue weighted by Crippen LogP contribution is 2.19. The molecule has 0 saturated carbocycles. The maximum absolute atomic E-state index is 13.6. The molecule has 3 rings (SSSR count). The summed E-state index contributed by atoms with van der Waals surface area (Å²) in [7, 11) is 0. The van der Waals surface area contributed by atoms with Gasteiger partial charge in [-0.1, -0.05) is 12.1 Å². The third kappa shape index (κ3) is 4.88. The number of amides is 2. The smallest absolute Gasteiger partial charge is 0.274 e. The van der Waals surface area contributed by atoms with Gasteiger partial charge < -0.3 is 10.2 Å². The second kappa shape index (κ2) is 8.98. The normalized spacial score (nSPS) is 14.7. The summed E-state index contributed by atoms with van der Waals surface area (Å²) in [6, 6.07) is 7.70. The number of nitrogens with zero attached hydrogens (tertiary/aromatic N) is 3. The zero-order valence-electron chi connectivity index (χ0n) is 16.7. The van der Waals surface area contributed by atoms with E-state index in [0.29, 0.717) is 43.6 Å². The number of hydrogen-bond acceptors (Lipinski definition) is 4. The highest BCUT2D eigenvalue weighted by Gasteiger charge is 2.28. The van der Waals surface area contributed by atoms with Gasteiger partial charge in [-0.2, -0.15) is 5.10 Å². The Balaban J connectivity index is 1.53. The van der Waals surface area contributed by atoms with Crippen LogP contribution in [-0.2, 0) is 17.9 Å². The van der Waals surface area contributed by atoms with Gasteiger partial charge in [0.15, 0.2) is 0 Å². The molecule has 1 saturated heterocycles. The van der Waals surface area contributed by atoms with E-state index in [9.17, 15) is 18.8 Å². The van der Waals surface area contributed by atoms with E-state index in [2.05, 4.69) is 10.4 Å². The lowest BCUT2D eigenvalue weighted by molar-refractivity contribution is -0.126. The summed E-state index contributed by atoms with van der Waals surface area (Å²) < 4.78 is 14.9. The van der Waals surface area contributed by atoms with Gasteiger partial charge in [0.2, 0.25) is 5.91 Å². The second-order valence-corrected chi connectivity index (χ2v) is 7.24. The number of hydrogen-bond donors (Lipinski definition) is 1. The topological polar surface area (TPSA) is 84.3 Å². The van der Waals surface area contributed by atoms with E-state index >= 15 is 0 Å². The largest absolute Gasteiger partial charge is 0.352 e. The van der Waals surface area contributed by atoms with Crippen LogP contribution in [-0.4, -0.2) is 39.6 Å². The van der Waals surface area contributed by atoms with Crippen molar-refractivity contribution < 1.29 is 14.0 Å². The Morgan fingerprint density at radius 3 is 2.59 bits per heavy atom. The number of halogens is 1. The molecule has 0 aliphatic carbocycles. The minimum Gasteiger partial charge on any atom is -0.352 e. The minimum absolute atomic E-state index is 0.0873. The van der Waals surface area contributed by atoms with Crippen LogP contribution < -0.4 is 10.9 Å². The van der Waals surface area contributed by atoms with E-state index in [1.165, 1.54) is 22.9 Å². The molecule has 1 aromatic heterocycles. The SMILES string of the molecule is CCn1nc(C(=O)N2CCC(C(=O)NCc3ccc(C)c(F)c3)CC2)ccc1=O. The minimum atomic E-state index is -0.286. The summed E-state index contributed by atoms with van der Waals surface area (Å²) in [5.74, 6) is -0.796. The van der Waals surface area contributed by atoms with Crippen LogP contribution in [0.3, 0.4) is 0 Å². The van der Waals surface area contributed by atoms with Crippen molar-refractivity contribution in [2.75, 3.05) is 13.1 Å². The summed E-state index contributed by atoms with van der Waals surface area (Å²) in [5.41, 5.74) is 1.27. The molecule has 0 atom stereocenters. The Kier molecular flexibility index (Phi) is 6.41. The van der Waals surface area contributed by atoms with E-state index < -0.39 is 0 Å². The number of carbonyl (C=O) groups is 2. The molecule has 0 spiro atoms. The van der Waals surface area contributed by atoms with Gasteiger partial charge in [0.1, 0.15) is 11.5 Å². The summed E-state index contributed by atoms with van der Waals surface area (Å²) >= 11 is 0. The van der Waals surface area contributed by atoms with Gasteiger partial charge in [-0.3, -0.25) is 14.4 Å². The van der Waals surface area contributed by atoms with E-state index in [-0.39, 0.29) is 41.3 Å². The molecule has 2 aromatic rings. The fourth-order valence-corrected chi connectivity index (χ4v) is 3.38. The van der Waals surface area contributed by atoms with Crippen molar-refractivity contribution in [3.05, 3.63) is 63.3 Å². The van der Waals surface area contributed by atoms with Crippen LogP contribution in [0, 0.1) is 18.7 Å². The van der Waals surface area contributed by atoms with Crippen molar-refractivity contribution in [2.45, 2.75) is 39.8 Å². The lowest BCUT2D eigenvalue weighted by Crippen LogP contribution is -2.43. The molecule has 1 fully saturated rings. The van der Waals surface area contributed by atoms with Gasteiger partial charge in [0.05, 0.1) is 0 Å². The standard InChI is InChI=1S/C21H25FN4O3/c1-3-26-19(27)7-6-18(24-26)21(29)25-10-8-16(9-11-25)20(28)23-13-15-5-4-14(2)17(22)12-15/h4-7,12,16H,3,8-11,13H2,1-2H3,(H,23,28). The first-order chi connectivity index (χ1) is 13.9. The highest BCUT2D eigenvalue weighted by atomic mass is 19.1. The van der Waals surface area contributed by atoms with Crippen LogP contribution in [0.15, 0.2) is 35.1 Å². The zero-order chi connectivity index (χ0) is 21.0. The molecule has 1 aliphatic rings. The molecule has 2 heterocycles. The van der Waals surface area contributed by atoms with Gasteiger partial charge in [0, 0.05) is 38.2 Å². The Bertz CT molecular complexity index is 965. The number of likely N-dealkylation sites (tertiary alicyclic amines) is 1. The van der Waals surface area contributed by atoms with E-state index in [0.717, 1.165) is 0 Å². The monoisotopic (exact) mass is 400 g/mol. The number of aryl methyl sites for hydroxylation is 2. The number of rotatable bonds is 5. The number of nitrogens with one attached hydrogen (secondary N) is 1. The number of benzene rings is 1. The quantitative estimate of drug-likeness (QED) is 0.831. The summed E-state index contributed by atoms with van der Waals surface area (Å²) in [5, 5.41) is 6.95. The number of carbonyl (C=O) groups excluding carboxylic acids is 2. The molecule has 0 unspecified atom stereocenters. The van der Waals surface area contributed by atoms with Crippen molar-refractivity contribution in [1.29, 1.82) is 0 Å². The molecule has 8 heteroatoms. The van der Waals surface area contributed by atoms with Crippen molar-refractivity contribution in [3.8, 4) is 0 Å². The van der Waals surface area contributed by atoms with Crippen LogP contribution in [0.4, 0.5) is 4.39 Å². The maximum atomic E-state index is 13.6. The Morgan fingerprint density at radius 2 is 1.93 bits per heavy atom. The first-order valence-corrected chi connectivity index (χ1v) is 9.79. The molecule has 7 nitrogen and oxygen atoms in total. The molecule has 1 N–H and O–H groups in total. The molecular formula is C21H25FN4O3.